The van der Waals surface area contributed by atoms with Crippen molar-refractivity contribution >= 4 is 22.5 Å². The van der Waals surface area contributed by atoms with Gasteiger partial charge in [0.05, 0.1) is 0 Å². The van der Waals surface area contributed by atoms with E-state index in [2.05, 4.69) is 41.3 Å². The Morgan fingerprint density at radius 2 is 1.94 bits per heavy atom. The van der Waals surface area contributed by atoms with Crippen LogP contribution in [0.5, 0.6) is 0 Å². The van der Waals surface area contributed by atoms with Gasteiger partial charge in [-0.15, -0.1) is 0 Å². The van der Waals surface area contributed by atoms with E-state index in [0.717, 1.165) is 51.1 Å². The van der Waals surface area contributed by atoms with Gasteiger partial charge in [-0.1, -0.05) is 30.4 Å². The summed E-state index contributed by atoms with van der Waals surface area (Å²) >= 11 is 0. The van der Waals surface area contributed by atoms with Gasteiger partial charge in [0.25, 0.3) is 0 Å². The van der Waals surface area contributed by atoms with E-state index in [1.807, 2.05) is 45.1 Å². The number of hydrogen-bond acceptors (Lipinski definition) is 6. The molecule has 6 nitrogen and oxygen atoms in total. The molecule has 2 aromatic rings. The van der Waals surface area contributed by atoms with Gasteiger partial charge in [-0.2, -0.15) is 15.8 Å². The van der Waals surface area contributed by atoms with Crippen molar-refractivity contribution in [3.05, 3.63) is 70.0 Å². The lowest BCUT2D eigenvalue weighted by molar-refractivity contribution is 0.0954. The average molecular weight is 479 g/mol. The fourth-order valence-corrected chi connectivity index (χ4v) is 5.03. The van der Waals surface area contributed by atoms with Crippen LogP contribution in [-0.4, -0.2) is 31.9 Å². The Bertz CT molecular complexity index is 1380. The van der Waals surface area contributed by atoms with E-state index >= 15 is 0 Å². The lowest BCUT2D eigenvalue weighted by atomic mass is 9.92. The molecule has 0 aliphatic carbocycles. The molecule has 0 N–H and O–H groups in total. The second-order valence-electron chi connectivity index (χ2n) is 9.46. The largest absolute Gasteiger partial charge is 0.480 e. The molecule has 0 aromatic heterocycles. The zero-order valence-electron chi connectivity index (χ0n) is 21.1. The zero-order chi connectivity index (χ0) is 25.7. The van der Waals surface area contributed by atoms with Crippen molar-refractivity contribution in [2.24, 2.45) is 0 Å². The third-order valence-corrected chi connectivity index (χ3v) is 6.75. The van der Waals surface area contributed by atoms with E-state index < -0.39 is 5.60 Å². The molecule has 0 amide bonds. The number of nitrogens with zero attached hydrogens (tertiary/aromatic N) is 4. The SMILES string of the molecule is CCOCCCN1CCCc2c1ccc1cc(/C=C/C3=C(C#N)C(=C(C#N)C#N)OC3(C)C)ccc21. The molecule has 0 unspecified atom stereocenters. The van der Waals surface area contributed by atoms with E-state index in [9.17, 15) is 15.8 Å². The summed E-state index contributed by atoms with van der Waals surface area (Å²) in [6.07, 6.45) is 7.06. The highest BCUT2D eigenvalue weighted by Gasteiger charge is 2.38. The fraction of sp³-hybridized carbons (Fsp3) is 0.367. The highest BCUT2D eigenvalue weighted by Crippen LogP contribution is 2.40. The minimum atomic E-state index is -0.822. The van der Waals surface area contributed by atoms with E-state index in [1.54, 1.807) is 0 Å². The molecule has 2 aliphatic heterocycles. The third-order valence-electron chi connectivity index (χ3n) is 6.75. The number of allylic oxidation sites excluding steroid dienone is 2. The maximum absolute atomic E-state index is 9.75. The van der Waals surface area contributed by atoms with Crippen LogP contribution in [0.15, 0.2) is 58.9 Å². The first kappa shape index (κ1) is 25.1. The Hall–Kier alpha value is -4.05. The molecule has 0 fully saturated rings. The summed E-state index contributed by atoms with van der Waals surface area (Å²) in [6, 6.07) is 16.6. The fourth-order valence-electron chi connectivity index (χ4n) is 5.03. The molecule has 0 saturated heterocycles. The van der Waals surface area contributed by atoms with E-state index in [4.69, 9.17) is 9.47 Å². The van der Waals surface area contributed by atoms with Crippen molar-refractivity contribution in [1.29, 1.82) is 15.8 Å². The van der Waals surface area contributed by atoms with Crippen LogP contribution >= 0.6 is 0 Å². The van der Waals surface area contributed by atoms with Crippen LogP contribution in [-0.2, 0) is 15.9 Å². The molecule has 2 heterocycles. The van der Waals surface area contributed by atoms with Gasteiger partial charge in [-0.3, -0.25) is 0 Å². The van der Waals surface area contributed by atoms with Crippen molar-refractivity contribution in [1.82, 2.24) is 0 Å². The van der Waals surface area contributed by atoms with E-state index in [1.165, 1.54) is 22.0 Å². The summed E-state index contributed by atoms with van der Waals surface area (Å²) in [5.41, 5.74) is 3.60. The first-order chi connectivity index (χ1) is 17.4. The monoisotopic (exact) mass is 478 g/mol. The highest BCUT2D eigenvalue weighted by atomic mass is 16.5. The van der Waals surface area contributed by atoms with E-state index in [-0.39, 0.29) is 16.9 Å². The lowest BCUT2D eigenvalue weighted by Crippen LogP contribution is -2.31. The predicted octanol–water partition coefficient (Wildman–Crippen LogP) is 5.96. The molecule has 36 heavy (non-hydrogen) atoms. The first-order valence-electron chi connectivity index (χ1n) is 12.4. The van der Waals surface area contributed by atoms with Crippen molar-refractivity contribution in [2.45, 2.75) is 45.6 Å². The number of rotatable bonds is 7. The lowest BCUT2D eigenvalue weighted by Gasteiger charge is -2.32. The number of anilines is 1. The van der Waals surface area contributed by atoms with Crippen LogP contribution in [0, 0.1) is 34.0 Å². The summed E-state index contributed by atoms with van der Waals surface area (Å²) in [4.78, 5) is 2.48. The molecule has 4 rings (SSSR count). The molecule has 182 valence electrons. The number of aryl methyl sites for hydroxylation is 1. The standard InChI is InChI=1S/C30H30N4O2/c1-4-35-16-6-15-34-14-5-7-25-24-11-8-21(17-22(24)10-13-28(25)34)9-12-27-26(20-33)29(23(18-31)19-32)36-30(27,2)3/h8-13,17H,4-7,14-16H2,1-3H3/b12-9+. The predicted molar refractivity (Wildman–Crippen MR) is 141 cm³/mol. The van der Waals surface area contributed by atoms with Gasteiger partial charge in [0.15, 0.2) is 11.3 Å². The summed E-state index contributed by atoms with van der Waals surface area (Å²) in [5.74, 6) is 0.0584. The maximum Gasteiger partial charge on any atom is 0.172 e. The molecule has 2 aromatic carbocycles. The van der Waals surface area contributed by atoms with Crippen LogP contribution in [0.1, 0.15) is 44.7 Å². The molecule has 0 spiro atoms. The Labute approximate surface area is 212 Å². The topological polar surface area (TPSA) is 93.1 Å². The Morgan fingerprint density at radius 1 is 1.14 bits per heavy atom. The molecule has 0 atom stereocenters. The molecule has 2 aliphatic rings. The quantitative estimate of drug-likeness (QED) is 0.360. The smallest absolute Gasteiger partial charge is 0.172 e. The second-order valence-corrected chi connectivity index (χ2v) is 9.46. The summed E-state index contributed by atoms with van der Waals surface area (Å²) in [6.45, 7) is 9.32. The number of ether oxygens (including phenoxy) is 2. The molecular weight excluding hydrogens is 448 g/mol. The molecule has 6 heteroatoms. The van der Waals surface area contributed by atoms with Gasteiger partial charge in [-0.05, 0) is 74.1 Å². The van der Waals surface area contributed by atoms with E-state index in [0.29, 0.717) is 5.57 Å². The number of benzene rings is 2. The molecular formula is C30H30N4O2. The maximum atomic E-state index is 9.75. The summed E-state index contributed by atoms with van der Waals surface area (Å²) in [5, 5.41) is 30.7. The Balaban J connectivity index is 1.64. The Kier molecular flexibility index (Phi) is 7.44. The van der Waals surface area contributed by atoms with Crippen LogP contribution in [0.4, 0.5) is 5.69 Å². The van der Waals surface area contributed by atoms with Crippen molar-refractivity contribution in [2.75, 3.05) is 31.2 Å². The van der Waals surface area contributed by atoms with Gasteiger partial charge in [-0.25, -0.2) is 0 Å². The van der Waals surface area contributed by atoms with Gasteiger partial charge < -0.3 is 14.4 Å². The number of nitriles is 3. The normalized spacial score (nSPS) is 16.4. The Morgan fingerprint density at radius 3 is 2.67 bits per heavy atom. The van der Waals surface area contributed by atoms with Crippen molar-refractivity contribution in [3.8, 4) is 18.2 Å². The average Bonchev–Trinajstić information content (AvgIpc) is 3.14. The summed E-state index contributed by atoms with van der Waals surface area (Å²) < 4.78 is 11.4. The zero-order valence-corrected chi connectivity index (χ0v) is 21.1. The minimum absolute atomic E-state index is 0.0584. The third kappa shape index (κ3) is 4.85. The molecule has 0 bridgehead atoms. The van der Waals surface area contributed by atoms with Crippen LogP contribution in [0.3, 0.4) is 0 Å². The minimum Gasteiger partial charge on any atom is -0.480 e. The van der Waals surface area contributed by atoms with Crippen LogP contribution < -0.4 is 4.90 Å². The van der Waals surface area contributed by atoms with Gasteiger partial charge >= 0.3 is 0 Å². The van der Waals surface area contributed by atoms with Crippen LogP contribution in [0.25, 0.3) is 16.8 Å². The van der Waals surface area contributed by atoms with Crippen molar-refractivity contribution in [3.63, 3.8) is 0 Å². The van der Waals surface area contributed by atoms with Crippen LogP contribution in [0.2, 0.25) is 0 Å². The molecule has 0 saturated carbocycles. The number of fused-ring (bicyclic) bond motifs is 3. The second kappa shape index (κ2) is 10.7. The van der Waals surface area contributed by atoms with Gasteiger partial charge in [0, 0.05) is 37.6 Å². The first-order valence-corrected chi connectivity index (χ1v) is 12.4. The molecule has 0 radical (unpaired) electrons. The summed E-state index contributed by atoms with van der Waals surface area (Å²) in [7, 11) is 0. The van der Waals surface area contributed by atoms with Gasteiger partial charge in [0.1, 0.15) is 29.4 Å². The van der Waals surface area contributed by atoms with Gasteiger partial charge in [0.2, 0.25) is 0 Å². The number of hydrogen-bond donors (Lipinski definition) is 0. The highest BCUT2D eigenvalue weighted by molar-refractivity contribution is 5.92. The van der Waals surface area contributed by atoms with Crippen molar-refractivity contribution < 1.29 is 9.47 Å².